The summed E-state index contributed by atoms with van der Waals surface area (Å²) in [6.07, 6.45) is 0. The van der Waals surface area contributed by atoms with Gasteiger partial charge in [-0.15, -0.1) is 11.3 Å². The van der Waals surface area contributed by atoms with Crippen molar-refractivity contribution < 1.29 is 23.8 Å². The Balaban J connectivity index is 1.84. The Morgan fingerprint density at radius 3 is 2.28 bits per heavy atom. The number of thiazole rings is 1. The second kappa shape index (κ2) is 8.74. The molecule has 3 rings (SSSR count). The molecule has 0 aliphatic carbocycles. The lowest BCUT2D eigenvalue weighted by Crippen LogP contribution is -2.12. The van der Waals surface area contributed by atoms with Gasteiger partial charge in [-0.05, 0) is 13.0 Å². The lowest BCUT2D eigenvalue weighted by Gasteiger charge is -2.14. The smallest absolute Gasteiger partial charge is 0.275 e. The zero-order valence-corrected chi connectivity index (χ0v) is 17.3. The Kier molecular flexibility index (Phi) is 6.13. The van der Waals surface area contributed by atoms with E-state index < -0.39 is 0 Å². The number of ketones is 1. The second-order valence-electron chi connectivity index (χ2n) is 6.04. The van der Waals surface area contributed by atoms with Crippen molar-refractivity contribution in [1.29, 1.82) is 0 Å². The van der Waals surface area contributed by atoms with Crippen LogP contribution < -0.4 is 19.5 Å². The molecular formula is C21H20N2O5S. The number of methoxy groups -OCH3 is 3. The number of rotatable bonds is 7. The van der Waals surface area contributed by atoms with Gasteiger partial charge in [0.15, 0.2) is 17.3 Å². The van der Waals surface area contributed by atoms with Gasteiger partial charge >= 0.3 is 0 Å². The minimum absolute atomic E-state index is 0.0243. The van der Waals surface area contributed by atoms with Gasteiger partial charge in [0, 0.05) is 34.3 Å². The van der Waals surface area contributed by atoms with Crippen LogP contribution in [0.5, 0.6) is 17.2 Å². The number of nitrogens with zero attached hydrogens (tertiary/aromatic N) is 1. The number of nitrogens with one attached hydrogen (secondary N) is 1. The Morgan fingerprint density at radius 1 is 1.00 bits per heavy atom. The van der Waals surface area contributed by atoms with Crippen molar-refractivity contribution in [2.45, 2.75) is 6.92 Å². The molecule has 3 aromatic rings. The van der Waals surface area contributed by atoms with E-state index in [1.807, 2.05) is 6.07 Å². The largest absolute Gasteiger partial charge is 0.493 e. The normalized spacial score (nSPS) is 10.3. The van der Waals surface area contributed by atoms with Crippen LogP contribution in [-0.4, -0.2) is 38.0 Å². The summed E-state index contributed by atoms with van der Waals surface area (Å²) in [7, 11) is 4.52. The quantitative estimate of drug-likeness (QED) is 0.583. The van der Waals surface area contributed by atoms with Gasteiger partial charge in [0.05, 0.1) is 21.3 Å². The number of carbonyl (C=O) groups excluding carboxylic acids is 2. The number of Topliss-reactive ketones (excluding diaryl/α,β-unsaturated/α-hetero) is 1. The van der Waals surface area contributed by atoms with Crippen molar-refractivity contribution in [1.82, 2.24) is 4.98 Å². The molecule has 1 N–H and O–H groups in total. The summed E-state index contributed by atoms with van der Waals surface area (Å²) in [4.78, 5) is 28.6. The zero-order chi connectivity index (χ0) is 21.0. The van der Waals surface area contributed by atoms with Gasteiger partial charge in [-0.3, -0.25) is 9.59 Å². The maximum absolute atomic E-state index is 12.7. The van der Waals surface area contributed by atoms with Crippen LogP contribution in [0.15, 0.2) is 41.8 Å². The average molecular weight is 412 g/mol. The van der Waals surface area contributed by atoms with Crippen LogP contribution >= 0.6 is 11.3 Å². The first kappa shape index (κ1) is 20.3. The van der Waals surface area contributed by atoms with E-state index >= 15 is 0 Å². The molecule has 0 spiro atoms. The monoisotopic (exact) mass is 412 g/mol. The second-order valence-corrected chi connectivity index (χ2v) is 6.90. The molecule has 150 valence electrons. The van der Waals surface area contributed by atoms with Gasteiger partial charge in [-0.1, -0.05) is 18.2 Å². The molecular weight excluding hydrogens is 392 g/mol. The Labute approximate surface area is 172 Å². The van der Waals surface area contributed by atoms with E-state index in [-0.39, 0.29) is 17.4 Å². The number of benzene rings is 2. The summed E-state index contributed by atoms with van der Waals surface area (Å²) in [6, 6.07) is 10.4. The molecule has 8 heteroatoms. The fourth-order valence-corrected chi connectivity index (χ4v) is 3.53. The molecule has 1 aromatic heterocycles. The number of hydrogen-bond donors (Lipinski definition) is 1. The number of ether oxygens (including phenoxy) is 3. The third-order valence-electron chi connectivity index (χ3n) is 4.18. The maximum atomic E-state index is 12.7. The van der Waals surface area contributed by atoms with Gasteiger partial charge in [-0.2, -0.15) is 0 Å². The van der Waals surface area contributed by atoms with Crippen molar-refractivity contribution in [2.24, 2.45) is 0 Å². The number of carbonyl (C=O) groups is 2. The Bertz CT molecular complexity index is 1040. The summed E-state index contributed by atoms with van der Waals surface area (Å²) in [6.45, 7) is 1.51. The molecule has 0 aliphatic heterocycles. The van der Waals surface area contributed by atoms with Crippen LogP contribution in [0.2, 0.25) is 0 Å². The molecule has 1 heterocycles. The Morgan fingerprint density at radius 2 is 1.69 bits per heavy atom. The highest BCUT2D eigenvalue weighted by molar-refractivity contribution is 7.13. The number of anilines is 1. The third kappa shape index (κ3) is 4.38. The highest BCUT2D eigenvalue weighted by Crippen LogP contribution is 2.40. The standard InChI is InChI=1S/C21H20N2O5S/c1-12(24)13-6-5-7-14(8-13)21-23-16(11-29-21)20(25)22-15-9-17(26-2)19(28-4)18(10-15)27-3/h5-11H,1-4H3,(H,22,25). The van der Waals surface area contributed by atoms with Gasteiger partial charge < -0.3 is 19.5 Å². The fraction of sp³-hybridized carbons (Fsp3) is 0.190. The molecule has 0 fully saturated rings. The van der Waals surface area contributed by atoms with E-state index in [1.165, 1.54) is 39.6 Å². The summed E-state index contributed by atoms with van der Waals surface area (Å²) in [5.74, 6) is 0.909. The minimum atomic E-state index is -0.371. The molecule has 0 saturated carbocycles. The summed E-state index contributed by atoms with van der Waals surface area (Å²) in [5.41, 5.74) is 2.14. The third-order valence-corrected chi connectivity index (χ3v) is 5.07. The van der Waals surface area contributed by atoms with E-state index in [2.05, 4.69) is 10.3 Å². The fourth-order valence-electron chi connectivity index (χ4n) is 2.73. The SMILES string of the molecule is COc1cc(NC(=O)c2csc(-c3cccc(C(C)=O)c3)n2)cc(OC)c1OC. The van der Waals surface area contributed by atoms with Crippen molar-refractivity contribution in [2.75, 3.05) is 26.6 Å². The molecule has 0 saturated heterocycles. The molecule has 0 bridgehead atoms. The van der Waals surface area contributed by atoms with E-state index in [0.29, 0.717) is 33.5 Å². The minimum Gasteiger partial charge on any atom is -0.493 e. The van der Waals surface area contributed by atoms with Crippen LogP contribution in [0, 0.1) is 0 Å². The molecule has 0 unspecified atom stereocenters. The lowest BCUT2D eigenvalue weighted by molar-refractivity contribution is 0.101. The van der Waals surface area contributed by atoms with E-state index in [0.717, 1.165) is 5.56 Å². The van der Waals surface area contributed by atoms with Crippen LogP contribution in [0.3, 0.4) is 0 Å². The van der Waals surface area contributed by atoms with Gasteiger partial charge in [-0.25, -0.2) is 4.98 Å². The average Bonchev–Trinajstić information content (AvgIpc) is 3.23. The maximum Gasteiger partial charge on any atom is 0.275 e. The molecule has 29 heavy (non-hydrogen) atoms. The number of hydrogen-bond acceptors (Lipinski definition) is 7. The molecule has 7 nitrogen and oxygen atoms in total. The number of aromatic nitrogens is 1. The topological polar surface area (TPSA) is 86.8 Å². The first-order chi connectivity index (χ1) is 14.0. The summed E-state index contributed by atoms with van der Waals surface area (Å²) in [5, 5.41) is 5.11. The van der Waals surface area contributed by atoms with Crippen LogP contribution in [0.1, 0.15) is 27.8 Å². The summed E-state index contributed by atoms with van der Waals surface area (Å²) < 4.78 is 15.9. The van der Waals surface area contributed by atoms with E-state index in [1.54, 1.807) is 35.7 Å². The first-order valence-electron chi connectivity index (χ1n) is 8.65. The highest BCUT2D eigenvalue weighted by Gasteiger charge is 2.17. The van der Waals surface area contributed by atoms with Gasteiger partial charge in [0.1, 0.15) is 10.7 Å². The van der Waals surface area contributed by atoms with Crippen LogP contribution in [0.4, 0.5) is 5.69 Å². The van der Waals surface area contributed by atoms with Gasteiger partial charge in [0.25, 0.3) is 5.91 Å². The van der Waals surface area contributed by atoms with Crippen molar-refractivity contribution in [3.8, 4) is 27.8 Å². The molecule has 0 radical (unpaired) electrons. The van der Waals surface area contributed by atoms with Crippen molar-refractivity contribution >= 4 is 28.7 Å². The zero-order valence-electron chi connectivity index (χ0n) is 16.4. The number of amides is 1. The predicted molar refractivity (Wildman–Crippen MR) is 112 cm³/mol. The summed E-state index contributed by atoms with van der Waals surface area (Å²) >= 11 is 1.33. The van der Waals surface area contributed by atoms with Crippen LogP contribution in [0.25, 0.3) is 10.6 Å². The van der Waals surface area contributed by atoms with E-state index in [9.17, 15) is 9.59 Å². The van der Waals surface area contributed by atoms with E-state index in [4.69, 9.17) is 14.2 Å². The first-order valence-corrected chi connectivity index (χ1v) is 9.53. The van der Waals surface area contributed by atoms with Crippen molar-refractivity contribution in [3.05, 3.63) is 53.0 Å². The molecule has 2 aromatic carbocycles. The lowest BCUT2D eigenvalue weighted by atomic mass is 10.1. The van der Waals surface area contributed by atoms with Gasteiger partial charge in [0.2, 0.25) is 5.75 Å². The van der Waals surface area contributed by atoms with Crippen LogP contribution in [-0.2, 0) is 0 Å². The molecule has 0 aliphatic rings. The highest BCUT2D eigenvalue weighted by atomic mass is 32.1. The molecule has 0 atom stereocenters. The van der Waals surface area contributed by atoms with Crippen molar-refractivity contribution in [3.63, 3.8) is 0 Å². The Hall–Kier alpha value is -3.39. The molecule has 1 amide bonds. The predicted octanol–water partition coefficient (Wildman–Crippen LogP) is 4.29.